The fraction of sp³-hybridized carbons (Fsp3) is 0.613. The molecule has 0 aromatic heterocycles. The van der Waals surface area contributed by atoms with E-state index in [0.717, 1.165) is 135 Å². The molecule has 0 rings (SSSR count). The van der Waals surface area contributed by atoms with Crippen LogP contribution >= 0.6 is 7.82 Å². The number of carbonyl (C=O) groups is 2. The Bertz CT molecular complexity index is 1670. The minimum atomic E-state index is -4.65. The lowest BCUT2D eigenvalue weighted by molar-refractivity contribution is -0.870. The van der Waals surface area contributed by atoms with Gasteiger partial charge in [0.1, 0.15) is 19.8 Å². The molecule has 0 heterocycles. The van der Waals surface area contributed by atoms with Crippen molar-refractivity contribution in [3.8, 4) is 0 Å². The van der Waals surface area contributed by atoms with Crippen molar-refractivity contribution < 1.29 is 42.1 Å². The lowest BCUT2D eigenvalue weighted by Crippen LogP contribution is -2.37. The molecule has 72 heavy (non-hydrogen) atoms. The van der Waals surface area contributed by atoms with Crippen LogP contribution < -0.4 is 4.89 Å². The normalized spacial score (nSPS) is 14.4. The average molecular weight is 1020 g/mol. The average Bonchev–Trinajstić information content (AvgIpc) is 3.34. The fourth-order valence-corrected chi connectivity index (χ4v) is 7.65. The number of rotatable bonds is 49. The van der Waals surface area contributed by atoms with Gasteiger partial charge in [0.15, 0.2) is 6.10 Å². The van der Waals surface area contributed by atoms with E-state index >= 15 is 0 Å². The molecule has 2 atom stereocenters. The van der Waals surface area contributed by atoms with Crippen LogP contribution in [-0.2, 0) is 32.7 Å². The van der Waals surface area contributed by atoms with E-state index in [0.29, 0.717) is 23.9 Å². The second-order valence-corrected chi connectivity index (χ2v) is 20.6. The molecule has 0 aromatic rings. The van der Waals surface area contributed by atoms with E-state index in [-0.39, 0.29) is 26.1 Å². The quantitative estimate of drug-likeness (QED) is 0.0195. The van der Waals surface area contributed by atoms with Crippen molar-refractivity contribution >= 4 is 19.8 Å². The van der Waals surface area contributed by atoms with Crippen molar-refractivity contribution in [2.75, 3.05) is 47.5 Å². The number of carbonyl (C=O) groups excluding carboxylic acids is 2. The van der Waals surface area contributed by atoms with Crippen molar-refractivity contribution in [3.05, 3.63) is 134 Å². The Hall–Kier alpha value is -3.85. The molecule has 0 saturated heterocycles. The molecule has 0 bridgehead atoms. The zero-order valence-corrected chi connectivity index (χ0v) is 47.0. The first-order chi connectivity index (χ1) is 35.0. The molecule has 0 radical (unpaired) electrons. The summed E-state index contributed by atoms with van der Waals surface area (Å²) in [5.74, 6) is -0.873. The molecule has 0 N–H and O–H groups in total. The molecule has 0 fully saturated rings. The number of allylic oxidation sites excluding steroid dienone is 22. The Kier molecular flexibility index (Phi) is 49.2. The van der Waals surface area contributed by atoms with Crippen molar-refractivity contribution in [3.63, 3.8) is 0 Å². The zero-order chi connectivity index (χ0) is 52.7. The molecular formula is C62H102NO8P. The fourth-order valence-electron chi connectivity index (χ4n) is 6.92. The van der Waals surface area contributed by atoms with E-state index in [2.05, 4.69) is 148 Å². The van der Waals surface area contributed by atoms with Crippen LogP contribution in [0.3, 0.4) is 0 Å². The Labute approximate surface area is 441 Å². The highest BCUT2D eigenvalue weighted by molar-refractivity contribution is 7.45. The highest BCUT2D eigenvalue weighted by Crippen LogP contribution is 2.38. The minimum Gasteiger partial charge on any atom is -0.756 e. The van der Waals surface area contributed by atoms with Crippen LogP contribution in [0, 0.1) is 0 Å². The van der Waals surface area contributed by atoms with Gasteiger partial charge in [-0.05, 0) is 109 Å². The molecule has 9 nitrogen and oxygen atoms in total. The van der Waals surface area contributed by atoms with Gasteiger partial charge in [0, 0.05) is 12.8 Å². The van der Waals surface area contributed by atoms with Crippen molar-refractivity contribution in [2.45, 2.75) is 200 Å². The molecule has 0 amide bonds. The van der Waals surface area contributed by atoms with Gasteiger partial charge in [0.05, 0.1) is 27.7 Å². The predicted molar refractivity (Wildman–Crippen MR) is 304 cm³/mol. The number of unbranched alkanes of at least 4 members (excludes halogenated alkanes) is 13. The third-order valence-electron chi connectivity index (χ3n) is 11.2. The standard InChI is InChI=1S/C62H102NO8P/c1-6-8-10-12-14-16-18-20-22-24-25-26-27-28-29-30-31-32-33-34-35-36-37-39-41-43-45-47-49-51-53-55-62(65)71-60(59-70-72(66,67)69-57-56-63(3,4)5)58-68-61(64)54-52-50-48-46-44-42-40-38-23-21-19-17-15-13-11-9-7-2/h8-11,14-17,20-23,25-26,28-29,31-32,34-35,37,39,60H,6-7,12-13,18-19,24,27,30,33,36,38,40-59H2,1-5H3/b10-8-,11-9-,16-14-,17-15-,22-20-,23-21-,26-25-,29-28-,32-31-,35-34-,39-37-. The summed E-state index contributed by atoms with van der Waals surface area (Å²) >= 11 is 0. The Morgan fingerprint density at radius 1 is 0.431 bits per heavy atom. The largest absolute Gasteiger partial charge is 0.756 e. The molecule has 10 heteroatoms. The number of esters is 2. The molecule has 0 spiro atoms. The topological polar surface area (TPSA) is 111 Å². The van der Waals surface area contributed by atoms with Gasteiger partial charge < -0.3 is 27.9 Å². The maximum atomic E-state index is 12.8. The maximum absolute atomic E-state index is 12.8. The van der Waals surface area contributed by atoms with Gasteiger partial charge in [-0.3, -0.25) is 14.2 Å². The second kappa shape index (κ2) is 52.0. The van der Waals surface area contributed by atoms with Crippen LogP contribution in [0.1, 0.15) is 194 Å². The molecule has 0 aliphatic rings. The second-order valence-electron chi connectivity index (χ2n) is 19.2. The summed E-state index contributed by atoms with van der Waals surface area (Å²) in [6, 6.07) is 0. The van der Waals surface area contributed by atoms with Gasteiger partial charge in [0.25, 0.3) is 7.82 Å². The summed E-state index contributed by atoms with van der Waals surface area (Å²) in [5, 5.41) is 0. The molecule has 0 saturated carbocycles. The number of likely N-dealkylation sites (N-methyl/N-ethyl adjacent to an activating group) is 1. The van der Waals surface area contributed by atoms with E-state index < -0.39 is 32.5 Å². The van der Waals surface area contributed by atoms with E-state index in [1.807, 2.05) is 21.1 Å². The molecular weight excluding hydrogens is 918 g/mol. The highest BCUT2D eigenvalue weighted by Gasteiger charge is 2.21. The van der Waals surface area contributed by atoms with E-state index in [1.54, 1.807) is 0 Å². The Morgan fingerprint density at radius 2 is 0.750 bits per heavy atom. The first-order valence-electron chi connectivity index (χ1n) is 27.9. The van der Waals surface area contributed by atoms with Crippen LogP contribution in [0.15, 0.2) is 134 Å². The van der Waals surface area contributed by atoms with Crippen LogP contribution in [0.4, 0.5) is 0 Å². The third-order valence-corrected chi connectivity index (χ3v) is 12.1. The lowest BCUT2D eigenvalue weighted by Gasteiger charge is -2.28. The summed E-state index contributed by atoms with van der Waals surface area (Å²) in [6.07, 6.45) is 74.9. The molecule has 0 aliphatic carbocycles. The SMILES string of the molecule is CC/C=C\C/C=C\C/C=C\C/C=C\C/C=C\C/C=C\C/C=C\C/C=C\CCCCCCCCC(=O)OC(COC(=O)CCCCCCCCC/C=C\C/C=C\C/C=C\CC)COP(=O)([O-])OCC[N+](C)(C)C. The van der Waals surface area contributed by atoms with Gasteiger partial charge >= 0.3 is 11.9 Å². The summed E-state index contributed by atoms with van der Waals surface area (Å²) in [7, 11) is 1.13. The van der Waals surface area contributed by atoms with E-state index in [9.17, 15) is 19.0 Å². The number of phosphoric ester groups is 1. The number of ether oxygens (including phenoxy) is 2. The first kappa shape index (κ1) is 68.2. The molecule has 0 aliphatic heterocycles. The monoisotopic (exact) mass is 1020 g/mol. The van der Waals surface area contributed by atoms with Crippen molar-refractivity contribution in [2.24, 2.45) is 0 Å². The van der Waals surface area contributed by atoms with E-state index in [4.69, 9.17) is 18.5 Å². The zero-order valence-electron chi connectivity index (χ0n) is 46.1. The number of hydrogen-bond acceptors (Lipinski definition) is 8. The van der Waals surface area contributed by atoms with Gasteiger partial charge in [-0.25, -0.2) is 0 Å². The van der Waals surface area contributed by atoms with Crippen LogP contribution in [0.25, 0.3) is 0 Å². The lowest BCUT2D eigenvalue weighted by atomic mass is 10.1. The molecule has 2 unspecified atom stereocenters. The van der Waals surface area contributed by atoms with Gasteiger partial charge in [0.2, 0.25) is 0 Å². The van der Waals surface area contributed by atoms with Gasteiger partial charge in [-0.1, -0.05) is 205 Å². The van der Waals surface area contributed by atoms with Crippen molar-refractivity contribution in [1.82, 2.24) is 0 Å². The molecule has 0 aromatic carbocycles. The van der Waals surface area contributed by atoms with Crippen LogP contribution in [0.2, 0.25) is 0 Å². The number of nitrogens with zero attached hydrogens (tertiary/aromatic N) is 1. The van der Waals surface area contributed by atoms with Gasteiger partial charge in [-0.2, -0.15) is 0 Å². The van der Waals surface area contributed by atoms with Crippen molar-refractivity contribution in [1.29, 1.82) is 0 Å². The summed E-state index contributed by atoms with van der Waals surface area (Å²) < 4.78 is 34.1. The number of quaternary nitrogens is 1. The smallest absolute Gasteiger partial charge is 0.306 e. The number of phosphoric acid groups is 1. The Morgan fingerprint density at radius 3 is 1.11 bits per heavy atom. The highest BCUT2D eigenvalue weighted by atomic mass is 31.2. The number of hydrogen-bond donors (Lipinski definition) is 0. The van der Waals surface area contributed by atoms with Gasteiger partial charge in [-0.15, -0.1) is 0 Å². The Balaban J connectivity index is 4.27. The summed E-state index contributed by atoms with van der Waals surface area (Å²) in [4.78, 5) is 37.8. The van der Waals surface area contributed by atoms with Crippen LogP contribution in [0.5, 0.6) is 0 Å². The van der Waals surface area contributed by atoms with E-state index in [1.165, 1.54) is 19.3 Å². The minimum absolute atomic E-state index is 0.0436. The summed E-state index contributed by atoms with van der Waals surface area (Å²) in [5.41, 5.74) is 0. The summed E-state index contributed by atoms with van der Waals surface area (Å²) in [6.45, 7) is 3.96. The first-order valence-corrected chi connectivity index (χ1v) is 29.4. The molecule has 408 valence electrons. The third kappa shape index (κ3) is 55.5. The predicted octanol–water partition coefficient (Wildman–Crippen LogP) is 16.7. The van der Waals surface area contributed by atoms with Crippen LogP contribution in [-0.4, -0.2) is 70.0 Å². The maximum Gasteiger partial charge on any atom is 0.306 e.